The molecule has 2 amide bonds. The smallest absolute Gasteiger partial charge is 0.272 e. The topological polar surface area (TPSA) is 102 Å². The maximum atomic E-state index is 12.5. The van der Waals surface area contributed by atoms with Gasteiger partial charge in [-0.15, -0.1) is 0 Å². The Bertz CT molecular complexity index is 1150. The summed E-state index contributed by atoms with van der Waals surface area (Å²) in [6.45, 7) is 6.26. The number of aromatic nitrogens is 1. The van der Waals surface area contributed by atoms with E-state index in [9.17, 15) is 9.59 Å². The molecule has 34 heavy (non-hydrogen) atoms. The first-order chi connectivity index (χ1) is 16.5. The summed E-state index contributed by atoms with van der Waals surface area (Å²) in [5.74, 6) is 0.565. The number of hydrogen-bond acceptors (Lipinski definition) is 6. The minimum Gasteiger partial charge on any atom is -0.490 e. The van der Waals surface area contributed by atoms with E-state index in [-0.39, 0.29) is 24.3 Å². The molecule has 8 heteroatoms. The van der Waals surface area contributed by atoms with Gasteiger partial charge >= 0.3 is 0 Å². The zero-order chi connectivity index (χ0) is 24.3. The molecule has 1 aromatic heterocycles. The molecule has 2 N–H and O–H groups in total. The summed E-state index contributed by atoms with van der Waals surface area (Å²) in [6.07, 6.45) is 4.55. The van der Waals surface area contributed by atoms with E-state index in [0.29, 0.717) is 29.2 Å². The SMILES string of the molecule is CCOc1cc(/C=N\NC(=O)c2cccnc2)ccc1OCC(=O)Nc1ccccc1C(C)C. The predicted molar refractivity (Wildman–Crippen MR) is 132 cm³/mol. The van der Waals surface area contributed by atoms with E-state index in [0.717, 1.165) is 11.3 Å². The number of para-hydroxylation sites is 1. The third-order valence-corrected chi connectivity index (χ3v) is 4.79. The van der Waals surface area contributed by atoms with Gasteiger partial charge in [0.1, 0.15) is 0 Å². The van der Waals surface area contributed by atoms with Crippen molar-refractivity contribution in [3.63, 3.8) is 0 Å². The Labute approximate surface area is 199 Å². The summed E-state index contributed by atoms with van der Waals surface area (Å²) >= 11 is 0. The number of anilines is 1. The maximum Gasteiger partial charge on any atom is 0.272 e. The van der Waals surface area contributed by atoms with Crippen LogP contribution in [0, 0.1) is 0 Å². The fourth-order valence-corrected chi connectivity index (χ4v) is 3.16. The number of carbonyl (C=O) groups is 2. The van der Waals surface area contributed by atoms with Gasteiger partial charge < -0.3 is 14.8 Å². The lowest BCUT2D eigenvalue weighted by atomic mass is 10.0. The van der Waals surface area contributed by atoms with Gasteiger partial charge in [-0.3, -0.25) is 14.6 Å². The van der Waals surface area contributed by atoms with E-state index in [4.69, 9.17) is 9.47 Å². The second-order valence-electron chi connectivity index (χ2n) is 7.66. The van der Waals surface area contributed by atoms with Crippen molar-refractivity contribution >= 4 is 23.7 Å². The Morgan fingerprint density at radius 3 is 2.62 bits per heavy atom. The molecule has 1 heterocycles. The fourth-order valence-electron chi connectivity index (χ4n) is 3.16. The molecular formula is C26H28N4O4. The summed E-state index contributed by atoms with van der Waals surface area (Å²) in [4.78, 5) is 28.4. The van der Waals surface area contributed by atoms with E-state index in [1.165, 1.54) is 12.4 Å². The number of benzene rings is 2. The van der Waals surface area contributed by atoms with Gasteiger partial charge in [0, 0.05) is 18.1 Å². The standard InChI is InChI=1S/C26H28N4O4/c1-4-33-24-14-19(15-28-30-26(32)20-8-7-13-27-16-20)11-12-23(24)34-17-25(31)29-22-10-6-5-9-21(22)18(2)3/h5-16,18H,4,17H2,1-3H3,(H,29,31)(H,30,32)/b28-15-. The Hall–Kier alpha value is -4.20. The van der Waals surface area contributed by atoms with Crippen LogP contribution >= 0.6 is 0 Å². The second kappa shape index (κ2) is 12.2. The number of amides is 2. The normalized spacial score (nSPS) is 10.8. The highest BCUT2D eigenvalue weighted by Crippen LogP contribution is 2.28. The molecule has 0 aliphatic rings. The van der Waals surface area contributed by atoms with Crippen LogP contribution in [0.4, 0.5) is 5.69 Å². The number of nitrogens with one attached hydrogen (secondary N) is 2. The van der Waals surface area contributed by atoms with E-state index in [1.54, 1.807) is 36.5 Å². The molecule has 0 atom stereocenters. The van der Waals surface area contributed by atoms with Crippen LogP contribution in [0.1, 0.15) is 48.2 Å². The Balaban J connectivity index is 1.61. The van der Waals surface area contributed by atoms with Crippen molar-refractivity contribution in [2.24, 2.45) is 5.10 Å². The minimum absolute atomic E-state index is 0.166. The molecule has 0 radical (unpaired) electrons. The molecule has 0 bridgehead atoms. The zero-order valence-corrected chi connectivity index (χ0v) is 19.4. The highest BCUT2D eigenvalue weighted by atomic mass is 16.5. The summed E-state index contributed by atoms with van der Waals surface area (Å²) in [7, 11) is 0. The average molecular weight is 461 g/mol. The number of hydrazone groups is 1. The number of nitrogens with zero attached hydrogens (tertiary/aromatic N) is 2. The molecule has 0 saturated heterocycles. The van der Waals surface area contributed by atoms with Crippen molar-refractivity contribution in [2.75, 3.05) is 18.5 Å². The lowest BCUT2D eigenvalue weighted by molar-refractivity contribution is -0.118. The van der Waals surface area contributed by atoms with Crippen LogP contribution in [0.5, 0.6) is 11.5 Å². The Morgan fingerprint density at radius 1 is 1.06 bits per heavy atom. The number of ether oxygens (including phenoxy) is 2. The van der Waals surface area contributed by atoms with Gasteiger partial charge in [0.2, 0.25) is 0 Å². The highest BCUT2D eigenvalue weighted by Gasteiger charge is 2.12. The molecule has 8 nitrogen and oxygen atoms in total. The van der Waals surface area contributed by atoms with Crippen LogP contribution in [0.15, 0.2) is 72.1 Å². The molecular weight excluding hydrogens is 432 g/mol. The van der Waals surface area contributed by atoms with E-state index >= 15 is 0 Å². The molecule has 3 rings (SSSR count). The van der Waals surface area contributed by atoms with Gasteiger partial charge in [-0.25, -0.2) is 5.43 Å². The number of carbonyl (C=O) groups excluding carboxylic acids is 2. The molecule has 0 spiro atoms. The lowest BCUT2D eigenvalue weighted by Crippen LogP contribution is -2.21. The van der Waals surface area contributed by atoms with Crippen molar-refractivity contribution in [1.29, 1.82) is 0 Å². The van der Waals surface area contributed by atoms with Crippen molar-refractivity contribution in [3.05, 3.63) is 83.7 Å². The van der Waals surface area contributed by atoms with Gasteiger partial charge in [-0.1, -0.05) is 32.0 Å². The van der Waals surface area contributed by atoms with Crippen LogP contribution in [-0.2, 0) is 4.79 Å². The largest absolute Gasteiger partial charge is 0.490 e. The summed E-state index contributed by atoms with van der Waals surface area (Å²) in [5.41, 5.74) is 5.39. The first kappa shape index (κ1) is 24.4. The molecule has 0 unspecified atom stereocenters. The summed E-state index contributed by atoms with van der Waals surface area (Å²) < 4.78 is 11.4. The van der Waals surface area contributed by atoms with Crippen LogP contribution in [0.25, 0.3) is 0 Å². The average Bonchev–Trinajstić information content (AvgIpc) is 2.84. The highest BCUT2D eigenvalue weighted by molar-refractivity contribution is 5.94. The monoisotopic (exact) mass is 460 g/mol. The lowest BCUT2D eigenvalue weighted by Gasteiger charge is -2.15. The first-order valence-electron chi connectivity index (χ1n) is 11.0. The van der Waals surface area contributed by atoms with Crippen LogP contribution in [0.3, 0.4) is 0 Å². The molecule has 176 valence electrons. The van der Waals surface area contributed by atoms with Gasteiger partial charge in [-0.2, -0.15) is 5.10 Å². The quantitative estimate of drug-likeness (QED) is 0.345. The van der Waals surface area contributed by atoms with E-state index in [1.807, 2.05) is 31.2 Å². The van der Waals surface area contributed by atoms with Crippen LogP contribution in [-0.4, -0.2) is 36.2 Å². The van der Waals surface area contributed by atoms with Gasteiger partial charge in [0.05, 0.1) is 18.4 Å². The van der Waals surface area contributed by atoms with Crippen molar-refractivity contribution in [2.45, 2.75) is 26.7 Å². The zero-order valence-electron chi connectivity index (χ0n) is 19.4. The summed E-state index contributed by atoms with van der Waals surface area (Å²) in [6, 6.07) is 16.2. The maximum absolute atomic E-state index is 12.5. The van der Waals surface area contributed by atoms with Gasteiger partial charge in [-0.05, 0) is 60.4 Å². The predicted octanol–water partition coefficient (Wildman–Crippen LogP) is 4.39. The Morgan fingerprint density at radius 2 is 1.88 bits per heavy atom. The van der Waals surface area contributed by atoms with E-state index in [2.05, 4.69) is 34.7 Å². The third kappa shape index (κ3) is 6.90. The number of pyridine rings is 1. The minimum atomic E-state index is -0.362. The summed E-state index contributed by atoms with van der Waals surface area (Å²) in [5, 5.41) is 6.89. The van der Waals surface area contributed by atoms with Crippen molar-refractivity contribution in [3.8, 4) is 11.5 Å². The first-order valence-corrected chi connectivity index (χ1v) is 11.0. The van der Waals surface area contributed by atoms with Crippen LogP contribution < -0.4 is 20.2 Å². The van der Waals surface area contributed by atoms with Crippen LogP contribution in [0.2, 0.25) is 0 Å². The Kier molecular flexibility index (Phi) is 8.73. The second-order valence-corrected chi connectivity index (χ2v) is 7.66. The molecule has 2 aromatic carbocycles. The van der Waals surface area contributed by atoms with Crippen molar-refractivity contribution < 1.29 is 19.1 Å². The van der Waals surface area contributed by atoms with Crippen molar-refractivity contribution in [1.82, 2.24) is 10.4 Å². The molecule has 0 saturated carbocycles. The molecule has 3 aromatic rings. The van der Waals surface area contributed by atoms with Gasteiger partial charge in [0.15, 0.2) is 18.1 Å². The third-order valence-electron chi connectivity index (χ3n) is 4.79. The number of hydrogen-bond donors (Lipinski definition) is 2. The van der Waals surface area contributed by atoms with Gasteiger partial charge in [0.25, 0.3) is 11.8 Å². The fraction of sp³-hybridized carbons (Fsp3) is 0.231. The molecule has 0 fully saturated rings. The molecule has 0 aliphatic carbocycles. The van der Waals surface area contributed by atoms with E-state index < -0.39 is 0 Å². The molecule has 0 aliphatic heterocycles. The number of rotatable bonds is 10.